The minimum Gasteiger partial charge on any atom is -0.299 e. The maximum atomic E-state index is 11.8. The molecule has 0 spiro atoms. The maximum Gasteiger partial charge on any atom is 0.155 e. The van der Waals surface area contributed by atoms with Crippen LogP contribution in [0.1, 0.15) is 26.7 Å². The lowest BCUT2D eigenvalue weighted by Gasteiger charge is -2.54. The molecule has 0 radical (unpaired) electrons. The molecule has 1 aliphatic heterocycles. The first kappa shape index (κ1) is 10.2. The van der Waals surface area contributed by atoms with Crippen LogP contribution in [0.5, 0.6) is 0 Å². The number of carbonyl (C=O) groups is 1. The van der Waals surface area contributed by atoms with E-state index < -0.39 is 0 Å². The molecule has 2 fully saturated rings. The third kappa shape index (κ3) is 1.31. The quantitative estimate of drug-likeness (QED) is 0.488. The Kier molecular flexibility index (Phi) is 2.04. The first-order chi connectivity index (χ1) is 6.38. The fourth-order valence-electron chi connectivity index (χ4n) is 2.54. The Morgan fingerprint density at radius 1 is 1.64 bits per heavy atom. The van der Waals surface area contributed by atoms with E-state index in [-0.39, 0.29) is 16.1 Å². The summed E-state index contributed by atoms with van der Waals surface area (Å²) in [6, 6.07) is 0. The van der Waals surface area contributed by atoms with Crippen molar-refractivity contribution in [3.05, 3.63) is 19.6 Å². The number of Topliss-reactive ketones (excluding diaryl/α,β-unsaturated/α-hetero) is 1. The molecule has 2 heteroatoms. The molecule has 14 heavy (non-hydrogen) atoms. The molecule has 0 N–H and O–H groups in total. The largest absolute Gasteiger partial charge is 0.299 e. The highest BCUT2D eigenvalue weighted by atomic mass is 32.2. The summed E-state index contributed by atoms with van der Waals surface area (Å²) in [5, 5.41) is 0.420. The summed E-state index contributed by atoms with van der Waals surface area (Å²) in [4.78, 5) is 11.8. The molecule has 0 aromatic carbocycles. The van der Waals surface area contributed by atoms with Crippen molar-refractivity contribution in [1.82, 2.24) is 0 Å². The molecule has 1 nitrogen and oxygen atoms in total. The van der Waals surface area contributed by atoms with Crippen LogP contribution in [-0.4, -0.2) is 15.8 Å². The summed E-state index contributed by atoms with van der Waals surface area (Å²) in [6.07, 6.45) is 3.63. The van der Waals surface area contributed by atoms with E-state index in [1.165, 1.54) is 0 Å². The summed E-state index contributed by atoms with van der Waals surface area (Å²) in [5.41, 5.74) is 0.157. The number of carbonyl (C=O) groups excluding carboxylic acids is 1. The van der Waals surface area contributed by atoms with Crippen LogP contribution < -0.4 is 0 Å². The van der Waals surface area contributed by atoms with Gasteiger partial charge < -0.3 is 0 Å². The van der Waals surface area contributed by atoms with Crippen LogP contribution in [0.2, 0.25) is 0 Å². The normalized spacial score (nSPS) is 52.0. The van der Waals surface area contributed by atoms with E-state index in [4.69, 9.17) is 0 Å². The minimum absolute atomic E-state index is 0.122. The summed E-state index contributed by atoms with van der Waals surface area (Å²) >= 11 is 1.87. The molecule has 1 unspecified atom stereocenters. The zero-order valence-corrected chi connectivity index (χ0v) is 9.69. The highest BCUT2D eigenvalue weighted by molar-refractivity contribution is 8.01. The Morgan fingerprint density at radius 2 is 2.29 bits per heavy atom. The Hall–Kier alpha value is -0.370. The van der Waals surface area contributed by atoms with Crippen LogP contribution in [0.3, 0.4) is 0 Å². The fourth-order valence-corrected chi connectivity index (χ4v) is 4.26. The van der Waals surface area contributed by atoms with Gasteiger partial charge in [0.25, 0.3) is 0 Å². The van der Waals surface area contributed by atoms with Crippen molar-refractivity contribution >= 4 is 17.5 Å². The predicted molar refractivity (Wildman–Crippen MR) is 61.2 cm³/mol. The van der Waals surface area contributed by atoms with Crippen LogP contribution in [0.25, 0.3) is 0 Å². The standard InChI is InChI=1S/C12H17OS/c1-5-12(4)6-8-9(13)7-11(2,3)14-10(8)12/h5,8,10H,1-2,6-7H2,3-4H3/q+1/t8-,10-,11?,12+/m1/s1. The summed E-state index contributed by atoms with van der Waals surface area (Å²) < 4.78 is -0.122. The average Bonchev–Trinajstić information content (AvgIpc) is 2.07. The van der Waals surface area contributed by atoms with Crippen LogP contribution >= 0.6 is 11.8 Å². The van der Waals surface area contributed by atoms with Gasteiger partial charge in [-0.1, -0.05) is 13.0 Å². The van der Waals surface area contributed by atoms with Crippen LogP contribution in [0, 0.1) is 18.3 Å². The molecule has 0 aromatic rings. The monoisotopic (exact) mass is 209 g/mol. The molecule has 2 rings (SSSR count). The van der Waals surface area contributed by atoms with Crippen molar-refractivity contribution in [2.75, 3.05) is 0 Å². The van der Waals surface area contributed by atoms with Gasteiger partial charge in [0.05, 0.1) is 13.3 Å². The number of fused-ring (bicyclic) bond motifs is 1. The molecule has 1 aliphatic carbocycles. The third-order valence-electron chi connectivity index (χ3n) is 3.51. The SMILES string of the molecule is C=C[C@@]1(C)C[C@@H]2C(=O)CC([CH2+])(C)S[C@H]21. The number of hydrogen-bond acceptors (Lipinski definition) is 2. The van der Waals surface area contributed by atoms with Crippen LogP contribution in [0.15, 0.2) is 12.7 Å². The van der Waals surface area contributed by atoms with Crippen molar-refractivity contribution < 1.29 is 4.79 Å². The number of ketones is 1. The van der Waals surface area contributed by atoms with Gasteiger partial charge in [-0.05, 0) is 18.8 Å². The molecule has 1 saturated heterocycles. The summed E-state index contributed by atoms with van der Waals surface area (Å²) in [6.45, 7) is 12.2. The Labute approximate surface area is 90.3 Å². The Morgan fingerprint density at radius 3 is 2.86 bits per heavy atom. The van der Waals surface area contributed by atoms with Crippen LogP contribution in [0.4, 0.5) is 0 Å². The topological polar surface area (TPSA) is 17.1 Å². The lowest BCUT2D eigenvalue weighted by atomic mass is 9.60. The van der Waals surface area contributed by atoms with E-state index in [1.54, 1.807) is 0 Å². The van der Waals surface area contributed by atoms with Crippen molar-refractivity contribution in [3.8, 4) is 0 Å². The number of rotatable bonds is 1. The first-order valence-electron chi connectivity index (χ1n) is 5.07. The van der Waals surface area contributed by atoms with E-state index in [1.807, 2.05) is 17.8 Å². The molecule has 1 heterocycles. The van der Waals surface area contributed by atoms with Crippen LogP contribution in [-0.2, 0) is 4.79 Å². The highest BCUT2D eigenvalue weighted by Gasteiger charge is 2.58. The number of hydrogen-bond donors (Lipinski definition) is 0. The predicted octanol–water partition coefficient (Wildman–Crippen LogP) is 2.87. The lowest BCUT2D eigenvalue weighted by Crippen LogP contribution is -2.56. The van der Waals surface area contributed by atoms with E-state index in [9.17, 15) is 4.79 Å². The van der Waals surface area contributed by atoms with E-state index >= 15 is 0 Å². The van der Waals surface area contributed by atoms with E-state index in [2.05, 4.69) is 27.4 Å². The zero-order chi connectivity index (χ0) is 10.6. The Balaban J connectivity index is 2.21. The van der Waals surface area contributed by atoms with Gasteiger partial charge in [0.2, 0.25) is 0 Å². The molecule has 2 aliphatic rings. The number of thioether (sulfide) groups is 1. The van der Waals surface area contributed by atoms with Gasteiger partial charge in [0.15, 0.2) is 4.75 Å². The van der Waals surface area contributed by atoms with Crippen molar-refractivity contribution in [3.63, 3.8) is 0 Å². The first-order valence-corrected chi connectivity index (χ1v) is 5.95. The van der Waals surface area contributed by atoms with Crippen molar-refractivity contribution in [2.24, 2.45) is 11.3 Å². The molecule has 0 bridgehead atoms. The average molecular weight is 209 g/mol. The second-order valence-electron chi connectivity index (χ2n) is 5.15. The zero-order valence-electron chi connectivity index (χ0n) is 8.88. The molecule has 76 valence electrons. The molecule has 4 atom stereocenters. The smallest absolute Gasteiger partial charge is 0.155 e. The summed E-state index contributed by atoms with van der Waals surface area (Å²) in [5.74, 6) is 0.684. The lowest BCUT2D eigenvalue weighted by molar-refractivity contribution is -0.128. The van der Waals surface area contributed by atoms with Gasteiger partial charge in [-0.25, -0.2) is 0 Å². The van der Waals surface area contributed by atoms with Gasteiger partial charge in [-0.15, -0.1) is 18.3 Å². The van der Waals surface area contributed by atoms with Crippen molar-refractivity contribution in [1.29, 1.82) is 0 Å². The molecule has 0 aromatic heterocycles. The second kappa shape index (κ2) is 2.82. The van der Waals surface area contributed by atoms with Gasteiger partial charge in [0, 0.05) is 11.2 Å². The van der Waals surface area contributed by atoms with Gasteiger partial charge in [0.1, 0.15) is 5.78 Å². The van der Waals surface area contributed by atoms with Gasteiger partial charge >= 0.3 is 0 Å². The third-order valence-corrected chi connectivity index (χ3v) is 5.35. The van der Waals surface area contributed by atoms with Gasteiger partial charge in [-0.3, -0.25) is 4.79 Å². The van der Waals surface area contributed by atoms with Crippen molar-refractivity contribution in [2.45, 2.75) is 36.7 Å². The van der Waals surface area contributed by atoms with E-state index in [0.717, 1.165) is 6.42 Å². The second-order valence-corrected chi connectivity index (χ2v) is 6.88. The summed E-state index contributed by atoms with van der Waals surface area (Å²) in [7, 11) is 0. The minimum atomic E-state index is -0.122. The molecule has 1 saturated carbocycles. The van der Waals surface area contributed by atoms with Gasteiger partial charge in [-0.2, -0.15) is 0 Å². The molecular weight excluding hydrogens is 192 g/mol. The Bertz CT molecular complexity index is 295. The molecule has 0 amide bonds. The number of allylic oxidation sites excluding steroid dienone is 1. The van der Waals surface area contributed by atoms with E-state index in [0.29, 0.717) is 17.5 Å². The highest BCUT2D eigenvalue weighted by Crippen LogP contribution is 2.59. The maximum absolute atomic E-state index is 11.8. The molecular formula is C12H17OS+. The fraction of sp³-hybridized carbons (Fsp3) is 0.667.